The predicted molar refractivity (Wildman–Crippen MR) is 124 cm³/mol. The van der Waals surface area contributed by atoms with E-state index >= 15 is 0 Å². The van der Waals surface area contributed by atoms with E-state index in [9.17, 15) is 14.9 Å². The molecule has 2 aromatic heterocycles. The minimum absolute atomic E-state index is 0.188. The molecule has 0 aliphatic carbocycles. The van der Waals surface area contributed by atoms with Crippen molar-refractivity contribution in [3.05, 3.63) is 82.3 Å². The van der Waals surface area contributed by atoms with Crippen molar-refractivity contribution in [2.45, 2.75) is 0 Å². The van der Waals surface area contributed by atoms with Gasteiger partial charge in [-0.05, 0) is 24.3 Å². The minimum Gasteiger partial charge on any atom is -0.452 e. The Morgan fingerprint density at radius 1 is 1.19 bits per heavy atom. The number of carbonyl (C=O) groups excluding carboxylic acids is 2. The highest BCUT2D eigenvalue weighted by Crippen LogP contribution is 2.35. The minimum atomic E-state index is -0.689. The number of nitrogens with zero attached hydrogens (tertiary/aromatic N) is 3. The molecule has 0 unspecified atom stereocenters. The maximum Gasteiger partial charge on any atom is 0.331 e. The number of esters is 1. The first-order valence-corrected chi connectivity index (χ1v) is 10.6. The first kappa shape index (κ1) is 21.3. The summed E-state index contributed by atoms with van der Waals surface area (Å²) >= 11 is 7.80. The Morgan fingerprint density at radius 3 is 2.69 bits per heavy atom. The highest BCUT2D eigenvalue weighted by molar-refractivity contribution is 7.20. The Morgan fingerprint density at radius 2 is 1.94 bits per heavy atom. The van der Waals surface area contributed by atoms with Gasteiger partial charge in [0.2, 0.25) is 0 Å². The number of nitrogens with one attached hydrogen (secondary N) is 1. The number of hydrogen-bond acceptors (Lipinski definition) is 6. The number of amides is 1. The van der Waals surface area contributed by atoms with E-state index in [-0.39, 0.29) is 11.4 Å². The van der Waals surface area contributed by atoms with E-state index in [1.165, 1.54) is 28.3 Å². The third-order valence-electron chi connectivity index (χ3n) is 4.42. The number of hydrogen-bond donors (Lipinski definition) is 1. The van der Waals surface area contributed by atoms with Gasteiger partial charge in [-0.2, -0.15) is 10.4 Å². The van der Waals surface area contributed by atoms with Crippen molar-refractivity contribution in [1.29, 1.82) is 5.26 Å². The van der Waals surface area contributed by atoms with Gasteiger partial charge in [0.25, 0.3) is 5.91 Å². The van der Waals surface area contributed by atoms with Crippen LogP contribution in [0.2, 0.25) is 5.02 Å². The molecule has 7 nitrogen and oxygen atoms in total. The summed E-state index contributed by atoms with van der Waals surface area (Å²) in [4.78, 5) is 25.1. The second-order valence-electron chi connectivity index (χ2n) is 6.53. The first-order chi connectivity index (χ1) is 15.6. The van der Waals surface area contributed by atoms with Crippen LogP contribution in [0.5, 0.6) is 0 Å². The van der Waals surface area contributed by atoms with Crippen LogP contribution in [0.15, 0.2) is 66.9 Å². The molecule has 0 saturated carbocycles. The molecule has 2 aromatic carbocycles. The van der Waals surface area contributed by atoms with Crippen molar-refractivity contribution in [2.75, 3.05) is 11.9 Å². The number of nitriles is 1. The smallest absolute Gasteiger partial charge is 0.331 e. The third kappa shape index (κ3) is 4.54. The van der Waals surface area contributed by atoms with Crippen LogP contribution >= 0.6 is 22.9 Å². The maximum absolute atomic E-state index is 12.3. The molecular formula is C23H15ClN4O3S. The van der Waals surface area contributed by atoms with Gasteiger partial charge in [-0.15, -0.1) is 11.3 Å². The van der Waals surface area contributed by atoms with E-state index in [4.69, 9.17) is 16.3 Å². The fourth-order valence-electron chi connectivity index (χ4n) is 2.95. The summed E-state index contributed by atoms with van der Waals surface area (Å²) in [6.45, 7) is -0.520. The highest BCUT2D eigenvalue weighted by Gasteiger charge is 2.16. The average Bonchev–Trinajstić information content (AvgIpc) is 3.37. The lowest BCUT2D eigenvalue weighted by Crippen LogP contribution is -2.22. The largest absolute Gasteiger partial charge is 0.452 e. The van der Waals surface area contributed by atoms with E-state index in [1.807, 2.05) is 48.5 Å². The number of thiophene rings is 1. The van der Waals surface area contributed by atoms with Gasteiger partial charge in [0.15, 0.2) is 12.4 Å². The highest BCUT2D eigenvalue weighted by atomic mass is 35.5. The maximum atomic E-state index is 12.3. The zero-order chi connectivity index (χ0) is 22.5. The number of benzene rings is 2. The second-order valence-corrected chi connectivity index (χ2v) is 7.99. The van der Waals surface area contributed by atoms with Crippen molar-refractivity contribution in [3.8, 4) is 11.8 Å². The zero-order valence-electron chi connectivity index (χ0n) is 16.5. The molecule has 1 N–H and O–H groups in total. The lowest BCUT2D eigenvalue weighted by Gasteiger charge is -2.09. The van der Waals surface area contributed by atoms with E-state index in [1.54, 1.807) is 18.2 Å². The van der Waals surface area contributed by atoms with E-state index in [2.05, 4.69) is 10.4 Å². The normalized spacial score (nSPS) is 10.9. The Labute approximate surface area is 192 Å². The van der Waals surface area contributed by atoms with Gasteiger partial charge in [-0.25, -0.2) is 9.48 Å². The van der Waals surface area contributed by atoms with Gasteiger partial charge >= 0.3 is 5.97 Å². The van der Waals surface area contributed by atoms with Crippen LogP contribution in [-0.4, -0.2) is 28.3 Å². The number of anilines is 1. The van der Waals surface area contributed by atoms with Crippen LogP contribution in [0.3, 0.4) is 0 Å². The monoisotopic (exact) mass is 462 g/mol. The molecule has 0 aliphatic rings. The lowest BCUT2D eigenvalue weighted by molar-refractivity contribution is -0.142. The fourth-order valence-corrected chi connectivity index (χ4v) is 4.35. The van der Waals surface area contributed by atoms with Crippen LogP contribution in [0.25, 0.3) is 21.8 Å². The van der Waals surface area contributed by atoms with Crippen LogP contribution in [0.1, 0.15) is 10.4 Å². The summed E-state index contributed by atoms with van der Waals surface area (Å²) in [5.74, 6) is -1.08. The van der Waals surface area contributed by atoms with Crippen LogP contribution in [-0.2, 0) is 14.3 Å². The molecule has 4 rings (SSSR count). The van der Waals surface area contributed by atoms with Gasteiger partial charge in [-0.3, -0.25) is 4.79 Å². The summed E-state index contributed by atoms with van der Waals surface area (Å²) in [5.41, 5.74) is 0.859. The molecule has 4 aromatic rings. The van der Waals surface area contributed by atoms with Crippen molar-refractivity contribution >= 4 is 56.8 Å². The molecule has 0 aliphatic heterocycles. The van der Waals surface area contributed by atoms with Gasteiger partial charge in [-0.1, -0.05) is 48.0 Å². The Kier molecular flexibility index (Phi) is 6.31. The van der Waals surface area contributed by atoms with Crippen LogP contribution in [0, 0.1) is 11.3 Å². The Hall–Kier alpha value is -3.93. The number of fused-ring (bicyclic) bond motifs is 1. The van der Waals surface area contributed by atoms with Crippen LogP contribution in [0.4, 0.5) is 5.82 Å². The summed E-state index contributed by atoms with van der Waals surface area (Å²) < 4.78 is 7.46. The Balaban J connectivity index is 1.40. The van der Waals surface area contributed by atoms with E-state index < -0.39 is 18.5 Å². The molecule has 9 heteroatoms. The lowest BCUT2D eigenvalue weighted by atomic mass is 10.2. The summed E-state index contributed by atoms with van der Waals surface area (Å²) in [5, 5.41) is 17.5. The molecule has 158 valence electrons. The van der Waals surface area contributed by atoms with Crippen LogP contribution < -0.4 is 5.32 Å². The van der Waals surface area contributed by atoms with Gasteiger partial charge in [0.05, 0.1) is 16.9 Å². The van der Waals surface area contributed by atoms with Gasteiger partial charge in [0.1, 0.15) is 11.6 Å². The quantitative estimate of drug-likeness (QED) is 0.327. The molecule has 0 atom stereocenters. The number of aromatic nitrogens is 2. The van der Waals surface area contributed by atoms with Crippen molar-refractivity contribution in [3.63, 3.8) is 0 Å². The molecule has 2 heterocycles. The molecule has 0 radical (unpaired) electrons. The standard InChI is InChI=1S/C23H15ClN4O3S/c24-22-17-8-4-5-9-18(17)32-19(22)10-11-21(30)31-14-20(29)27-23-15(12-25)13-26-28(23)16-6-2-1-3-7-16/h1-11,13H,14H2,(H,27,29)/b11-10+. The molecule has 0 spiro atoms. The number of para-hydroxylation sites is 1. The summed E-state index contributed by atoms with van der Waals surface area (Å²) in [7, 11) is 0. The van der Waals surface area contributed by atoms with Crippen molar-refractivity contribution in [1.82, 2.24) is 9.78 Å². The number of halogens is 1. The second kappa shape index (κ2) is 9.47. The molecular weight excluding hydrogens is 448 g/mol. The number of rotatable bonds is 6. The van der Waals surface area contributed by atoms with Gasteiger partial charge < -0.3 is 10.1 Å². The van der Waals surface area contributed by atoms with E-state index in [0.717, 1.165) is 15.0 Å². The Bertz CT molecular complexity index is 1370. The summed E-state index contributed by atoms with van der Waals surface area (Å²) in [6.07, 6.45) is 4.14. The SMILES string of the molecule is N#Cc1cnn(-c2ccccc2)c1NC(=O)COC(=O)/C=C/c1sc2ccccc2c1Cl. The molecule has 0 bridgehead atoms. The topological polar surface area (TPSA) is 97.0 Å². The molecule has 32 heavy (non-hydrogen) atoms. The number of carbonyl (C=O) groups is 2. The summed E-state index contributed by atoms with van der Waals surface area (Å²) in [6, 6.07) is 18.7. The molecule has 0 fully saturated rings. The predicted octanol–water partition coefficient (Wildman–Crippen LogP) is 4.81. The third-order valence-corrected chi connectivity index (χ3v) is 6.08. The average molecular weight is 463 g/mol. The number of ether oxygens (including phenoxy) is 1. The van der Waals surface area contributed by atoms with Gasteiger partial charge in [0, 0.05) is 21.0 Å². The van der Waals surface area contributed by atoms with E-state index in [0.29, 0.717) is 10.7 Å². The molecule has 1 amide bonds. The fraction of sp³-hybridized carbons (Fsp3) is 0.0435. The zero-order valence-corrected chi connectivity index (χ0v) is 18.1. The van der Waals surface area contributed by atoms with Crippen molar-refractivity contribution < 1.29 is 14.3 Å². The van der Waals surface area contributed by atoms with Crippen molar-refractivity contribution in [2.24, 2.45) is 0 Å². The first-order valence-electron chi connectivity index (χ1n) is 9.42. The molecule has 0 saturated heterocycles.